The van der Waals surface area contributed by atoms with Crippen molar-refractivity contribution in [3.8, 4) is 0 Å². The van der Waals surface area contributed by atoms with Gasteiger partial charge in [0, 0.05) is 10.7 Å². The van der Waals surface area contributed by atoms with E-state index in [1.54, 1.807) is 24.3 Å². The molecule has 2 amide bonds. The molecule has 7 heteroatoms. The minimum Gasteiger partial charge on any atom is -0.475 e. The molecule has 3 N–H and O–H groups in total. The fourth-order valence-electron chi connectivity index (χ4n) is 1.46. The molecule has 104 valence electrons. The van der Waals surface area contributed by atoms with Crippen LogP contribution in [0, 0.1) is 0 Å². The summed E-state index contributed by atoms with van der Waals surface area (Å²) in [5.74, 6) is -0.963. The van der Waals surface area contributed by atoms with E-state index in [9.17, 15) is 9.59 Å². The third-order valence-electron chi connectivity index (χ3n) is 2.40. The number of carboxylic acids is 1. The summed E-state index contributed by atoms with van der Waals surface area (Å²) in [4.78, 5) is 22.2. The van der Waals surface area contributed by atoms with Gasteiger partial charge in [0.25, 0.3) is 0 Å². The minimum atomic E-state index is -1.15. The summed E-state index contributed by atoms with van der Waals surface area (Å²) < 4.78 is 5.00. The number of aromatic carboxylic acids is 1. The second kappa shape index (κ2) is 6.12. The minimum absolute atomic E-state index is 0.0900. The molecule has 0 spiro atoms. The molecule has 2 aromatic rings. The molecular weight excluding hydrogens is 284 g/mol. The molecule has 0 saturated heterocycles. The number of hydrogen-bond acceptors (Lipinski definition) is 3. The third kappa shape index (κ3) is 3.76. The Morgan fingerprint density at radius 1 is 1.15 bits per heavy atom. The fourth-order valence-corrected chi connectivity index (χ4v) is 1.59. The molecule has 0 saturated carbocycles. The molecule has 1 heterocycles. The Kier molecular flexibility index (Phi) is 4.27. The van der Waals surface area contributed by atoms with E-state index in [4.69, 9.17) is 21.1 Å². The number of hydrogen-bond donors (Lipinski definition) is 3. The van der Waals surface area contributed by atoms with Gasteiger partial charge in [0.15, 0.2) is 0 Å². The van der Waals surface area contributed by atoms with E-state index in [0.717, 1.165) is 0 Å². The van der Waals surface area contributed by atoms with Crippen LogP contribution in [0.25, 0.3) is 0 Å². The van der Waals surface area contributed by atoms with E-state index in [1.807, 2.05) is 0 Å². The molecule has 0 unspecified atom stereocenters. The van der Waals surface area contributed by atoms with Gasteiger partial charge in [0.2, 0.25) is 5.76 Å². The molecule has 0 aliphatic rings. The first-order valence-corrected chi connectivity index (χ1v) is 6.05. The number of halogens is 1. The summed E-state index contributed by atoms with van der Waals surface area (Å²) >= 11 is 5.73. The zero-order valence-corrected chi connectivity index (χ0v) is 11.0. The molecule has 0 radical (unpaired) electrons. The van der Waals surface area contributed by atoms with Crippen molar-refractivity contribution >= 4 is 29.3 Å². The van der Waals surface area contributed by atoms with Crippen LogP contribution in [0.5, 0.6) is 0 Å². The Bertz CT molecular complexity index is 622. The van der Waals surface area contributed by atoms with Crippen LogP contribution in [0.1, 0.15) is 16.3 Å². The van der Waals surface area contributed by atoms with E-state index in [0.29, 0.717) is 16.5 Å². The van der Waals surface area contributed by atoms with Crippen molar-refractivity contribution in [2.75, 3.05) is 5.32 Å². The molecule has 0 atom stereocenters. The monoisotopic (exact) mass is 294 g/mol. The van der Waals surface area contributed by atoms with Crippen LogP contribution in [-0.4, -0.2) is 17.1 Å². The first kappa shape index (κ1) is 14.0. The van der Waals surface area contributed by atoms with E-state index in [1.165, 1.54) is 12.1 Å². The van der Waals surface area contributed by atoms with Gasteiger partial charge in [-0.1, -0.05) is 11.6 Å². The number of carbonyl (C=O) groups excluding carboxylic acids is 1. The zero-order valence-electron chi connectivity index (χ0n) is 10.2. The molecule has 1 aromatic heterocycles. The molecule has 0 fully saturated rings. The lowest BCUT2D eigenvalue weighted by Crippen LogP contribution is -2.27. The van der Waals surface area contributed by atoms with E-state index in [-0.39, 0.29) is 12.3 Å². The number of amides is 2. The summed E-state index contributed by atoms with van der Waals surface area (Å²) in [6, 6.07) is 9.03. The number of furan rings is 1. The van der Waals surface area contributed by atoms with Crippen molar-refractivity contribution in [1.29, 1.82) is 0 Å². The molecule has 0 aliphatic carbocycles. The molecule has 0 bridgehead atoms. The smallest absolute Gasteiger partial charge is 0.371 e. The summed E-state index contributed by atoms with van der Waals surface area (Å²) in [6.45, 7) is 0.0900. The summed E-state index contributed by atoms with van der Waals surface area (Å²) in [5.41, 5.74) is 0.595. The lowest BCUT2D eigenvalue weighted by atomic mass is 10.3. The van der Waals surface area contributed by atoms with Crippen molar-refractivity contribution in [3.05, 3.63) is 52.9 Å². The number of anilines is 1. The van der Waals surface area contributed by atoms with Gasteiger partial charge in [-0.25, -0.2) is 9.59 Å². The van der Waals surface area contributed by atoms with Crippen LogP contribution in [0.2, 0.25) is 5.02 Å². The van der Waals surface area contributed by atoms with Gasteiger partial charge in [0.05, 0.1) is 6.54 Å². The average molecular weight is 295 g/mol. The zero-order chi connectivity index (χ0) is 14.5. The summed E-state index contributed by atoms with van der Waals surface area (Å²) in [7, 11) is 0. The van der Waals surface area contributed by atoms with Gasteiger partial charge >= 0.3 is 12.0 Å². The second-order valence-electron chi connectivity index (χ2n) is 3.89. The highest BCUT2D eigenvalue weighted by Crippen LogP contribution is 2.13. The molecule has 2 rings (SSSR count). The maximum Gasteiger partial charge on any atom is 0.371 e. The normalized spacial score (nSPS) is 10.1. The number of urea groups is 1. The largest absolute Gasteiger partial charge is 0.475 e. The second-order valence-corrected chi connectivity index (χ2v) is 4.32. The van der Waals surface area contributed by atoms with Gasteiger partial charge in [-0.2, -0.15) is 0 Å². The van der Waals surface area contributed by atoms with Crippen LogP contribution in [0.15, 0.2) is 40.8 Å². The molecule has 20 heavy (non-hydrogen) atoms. The highest BCUT2D eigenvalue weighted by molar-refractivity contribution is 6.30. The van der Waals surface area contributed by atoms with Crippen molar-refractivity contribution in [1.82, 2.24) is 5.32 Å². The Balaban J connectivity index is 1.85. The summed E-state index contributed by atoms with van der Waals surface area (Å²) in [6.07, 6.45) is 0. The van der Waals surface area contributed by atoms with E-state index < -0.39 is 12.0 Å². The average Bonchev–Trinajstić information content (AvgIpc) is 2.88. The molecule has 6 nitrogen and oxygen atoms in total. The quantitative estimate of drug-likeness (QED) is 0.808. The predicted molar refractivity (Wildman–Crippen MR) is 73.0 cm³/mol. The van der Waals surface area contributed by atoms with E-state index in [2.05, 4.69) is 10.6 Å². The van der Waals surface area contributed by atoms with Gasteiger partial charge < -0.3 is 20.2 Å². The number of rotatable bonds is 4. The number of nitrogens with one attached hydrogen (secondary N) is 2. The fraction of sp³-hybridized carbons (Fsp3) is 0.0769. The Morgan fingerprint density at radius 2 is 1.85 bits per heavy atom. The first-order chi connectivity index (χ1) is 9.54. The number of carboxylic acid groups (broad SMARTS) is 1. The topological polar surface area (TPSA) is 91.6 Å². The number of carbonyl (C=O) groups is 2. The van der Waals surface area contributed by atoms with Crippen LogP contribution in [0.3, 0.4) is 0 Å². The highest BCUT2D eigenvalue weighted by Gasteiger charge is 2.09. The third-order valence-corrected chi connectivity index (χ3v) is 2.65. The molecule has 1 aromatic carbocycles. The molecule has 0 aliphatic heterocycles. The highest BCUT2D eigenvalue weighted by atomic mass is 35.5. The number of benzene rings is 1. The van der Waals surface area contributed by atoms with Gasteiger partial charge in [-0.15, -0.1) is 0 Å². The van der Waals surface area contributed by atoms with Gasteiger partial charge in [-0.05, 0) is 36.4 Å². The molecular formula is C13H11ClN2O4. The van der Waals surface area contributed by atoms with E-state index >= 15 is 0 Å². The maximum atomic E-state index is 11.6. The summed E-state index contributed by atoms with van der Waals surface area (Å²) in [5, 5.41) is 14.4. The van der Waals surface area contributed by atoms with Crippen molar-refractivity contribution < 1.29 is 19.1 Å². The van der Waals surface area contributed by atoms with Crippen molar-refractivity contribution in [2.24, 2.45) is 0 Å². The lowest BCUT2D eigenvalue weighted by molar-refractivity contribution is 0.0660. The first-order valence-electron chi connectivity index (χ1n) is 5.67. The Morgan fingerprint density at radius 3 is 2.45 bits per heavy atom. The standard InChI is InChI=1S/C13H11ClN2O4/c14-8-1-3-9(4-2-8)16-13(19)15-7-10-5-6-11(20-10)12(17)18/h1-6H,7H2,(H,17,18)(H2,15,16,19). The Labute approximate surface area is 119 Å². The van der Waals surface area contributed by atoms with Crippen LogP contribution >= 0.6 is 11.6 Å². The Hall–Kier alpha value is -2.47. The SMILES string of the molecule is O=C(NCc1ccc(C(=O)O)o1)Nc1ccc(Cl)cc1. The van der Waals surface area contributed by atoms with Gasteiger partial charge in [-0.3, -0.25) is 0 Å². The van der Waals surface area contributed by atoms with Crippen LogP contribution in [0.4, 0.5) is 10.5 Å². The lowest BCUT2D eigenvalue weighted by Gasteiger charge is -2.06. The van der Waals surface area contributed by atoms with Gasteiger partial charge in [0.1, 0.15) is 5.76 Å². The van der Waals surface area contributed by atoms with Crippen LogP contribution in [-0.2, 0) is 6.54 Å². The van der Waals surface area contributed by atoms with Crippen molar-refractivity contribution in [3.63, 3.8) is 0 Å². The van der Waals surface area contributed by atoms with Crippen LogP contribution < -0.4 is 10.6 Å². The predicted octanol–water partition coefficient (Wildman–Crippen LogP) is 2.95. The van der Waals surface area contributed by atoms with Crippen molar-refractivity contribution in [2.45, 2.75) is 6.54 Å². The maximum absolute atomic E-state index is 11.6.